The molecule has 2 rings (SSSR count). The van der Waals surface area contributed by atoms with Crippen molar-refractivity contribution >= 4 is 44.0 Å². The second-order valence-electron chi connectivity index (χ2n) is 5.22. The number of thioether (sulfide) groups is 1. The Morgan fingerprint density at radius 2 is 2.14 bits per heavy atom. The fourth-order valence-corrected chi connectivity index (χ4v) is 6.16. The maximum Gasteiger partial charge on any atom is 0.347 e. The number of nitrogens with zero attached hydrogens (tertiary/aromatic N) is 2. The van der Waals surface area contributed by atoms with Crippen molar-refractivity contribution in [3.8, 4) is 0 Å². The quantitative estimate of drug-likeness (QED) is 0.887. The van der Waals surface area contributed by atoms with Crippen molar-refractivity contribution in [1.29, 1.82) is 0 Å². The van der Waals surface area contributed by atoms with E-state index in [0.29, 0.717) is 23.1 Å². The van der Waals surface area contributed by atoms with Gasteiger partial charge in [-0.25, -0.2) is 18.2 Å². The van der Waals surface area contributed by atoms with Gasteiger partial charge in [0.2, 0.25) is 0 Å². The summed E-state index contributed by atoms with van der Waals surface area (Å²) >= 11 is 2.66. The van der Waals surface area contributed by atoms with Crippen LogP contribution in [0.1, 0.15) is 35.1 Å². The summed E-state index contributed by atoms with van der Waals surface area (Å²) in [4.78, 5) is 17.7. The first kappa shape index (κ1) is 16.6. The average molecular weight is 350 g/mol. The van der Waals surface area contributed by atoms with Crippen molar-refractivity contribution in [3.63, 3.8) is 0 Å². The molecule has 0 bridgehead atoms. The van der Waals surface area contributed by atoms with E-state index >= 15 is 0 Å². The lowest BCUT2D eigenvalue weighted by atomic mass is 10.1. The standard InChI is InChI=1S/C12H18N2O4S3/c1-7(2)9-10(11(15)16)20-12(13-9)14-4-5-19-6-8(14)21(3,17)18/h7-8H,4-6H2,1-3H3,(H,15,16). The molecule has 1 aliphatic rings. The van der Waals surface area contributed by atoms with Crippen molar-refractivity contribution in [3.05, 3.63) is 10.6 Å². The van der Waals surface area contributed by atoms with Gasteiger partial charge in [-0.15, -0.1) is 0 Å². The maximum absolute atomic E-state index is 11.9. The largest absolute Gasteiger partial charge is 0.477 e. The highest BCUT2D eigenvalue weighted by Gasteiger charge is 2.34. The lowest BCUT2D eigenvalue weighted by Crippen LogP contribution is -2.47. The molecule has 6 nitrogen and oxygen atoms in total. The Morgan fingerprint density at radius 3 is 2.62 bits per heavy atom. The predicted octanol–water partition coefficient (Wildman–Crippen LogP) is 1.89. The maximum atomic E-state index is 11.9. The number of rotatable bonds is 4. The summed E-state index contributed by atoms with van der Waals surface area (Å²) in [5.41, 5.74) is 0.521. The molecule has 0 amide bonds. The summed E-state index contributed by atoms with van der Waals surface area (Å²) in [6.45, 7) is 4.32. The third kappa shape index (κ3) is 3.51. The number of carbonyl (C=O) groups is 1. The van der Waals surface area contributed by atoms with E-state index in [1.165, 1.54) is 6.26 Å². The molecule has 0 spiro atoms. The predicted molar refractivity (Wildman–Crippen MR) is 86.5 cm³/mol. The normalized spacial score (nSPS) is 20.0. The van der Waals surface area contributed by atoms with E-state index in [1.54, 1.807) is 16.7 Å². The Morgan fingerprint density at radius 1 is 1.48 bits per heavy atom. The molecular weight excluding hydrogens is 332 g/mol. The van der Waals surface area contributed by atoms with Crippen molar-refractivity contribution < 1.29 is 18.3 Å². The zero-order valence-electron chi connectivity index (χ0n) is 12.1. The minimum atomic E-state index is -3.24. The number of thiazole rings is 1. The van der Waals surface area contributed by atoms with Gasteiger partial charge in [0.05, 0.1) is 5.69 Å². The Labute approximate surface area is 132 Å². The summed E-state index contributed by atoms with van der Waals surface area (Å²) < 4.78 is 23.9. The molecule has 2 heterocycles. The monoisotopic (exact) mass is 350 g/mol. The number of carboxylic acids is 1. The zero-order valence-corrected chi connectivity index (χ0v) is 14.5. The third-order valence-corrected chi connectivity index (χ3v) is 6.95. The van der Waals surface area contributed by atoms with E-state index in [1.807, 2.05) is 13.8 Å². The Bertz CT molecular complexity index is 639. The topological polar surface area (TPSA) is 87.6 Å². The molecule has 0 aromatic carbocycles. The SMILES string of the molecule is CC(C)c1nc(N2CCSCC2S(C)(=O)=O)sc1C(=O)O. The van der Waals surface area contributed by atoms with Crippen LogP contribution in [0, 0.1) is 0 Å². The number of anilines is 1. The van der Waals surface area contributed by atoms with Crippen LogP contribution in [0.5, 0.6) is 0 Å². The highest BCUT2D eigenvalue weighted by Crippen LogP contribution is 2.34. The Kier molecular flexibility index (Phi) is 4.84. The summed E-state index contributed by atoms with van der Waals surface area (Å²) in [5, 5.41) is 9.14. The van der Waals surface area contributed by atoms with Crippen LogP contribution < -0.4 is 4.90 Å². The van der Waals surface area contributed by atoms with Crippen molar-refractivity contribution in [2.75, 3.05) is 29.2 Å². The van der Waals surface area contributed by atoms with Crippen LogP contribution in [0.3, 0.4) is 0 Å². The van der Waals surface area contributed by atoms with Crippen LogP contribution >= 0.6 is 23.1 Å². The van der Waals surface area contributed by atoms with Gasteiger partial charge in [-0.3, -0.25) is 0 Å². The van der Waals surface area contributed by atoms with Gasteiger partial charge in [0.15, 0.2) is 15.0 Å². The third-order valence-electron chi connectivity index (χ3n) is 3.21. The minimum Gasteiger partial charge on any atom is -0.477 e. The smallest absolute Gasteiger partial charge is 0.347 e. The van der Waals surface area contributed by atoms with Crippen molar-refractivity contribution in [1.82, 2.24) is 4.98 Å². The van der Waals surface area contributed by atoms with E-state index in [2.05, 4.69) is 4.98 Å². The molecule has 21 heavy (non-hydrogen) atoms. The first-order valence-corrected chi connectivity index (χ1v) is 10.4. The van der Waals surface area contributed by atoms with Crippen LogP contribution in [0.25, 0.3) is 0 Å². The summed E-state index contributed by atoms with van der Waals surface area (Å²) in [5.74, 6) is 0.268. The van der Waals surface area contributed by atoms with Gasteiger partial charge >= 0.3 is 5.97 Å². The molecule has 1 N–H and O–H groups in total. The van der Waals surface area contributed by atoms with E-state index < -0.39 is 21.2 Å². The molecule has 1 aliphatic heterocycles. The molecule has 1 atom stereocenters. The molecular formula is C12H18N2O4S3. The minimum absolute atomic E-state index is 0.0167. The number of aromatic carboxylic acids is 1. The Balaban J connectivity index is 2.44. The molecule has 1 saturated heterocycles. The fourth-order valence-electron chi connectivity index (χ4n) is 2.14. The van der Waals surface area contributed by atoms with Crippen LogP contribution in [-0.4, -0.2) is 54.2 Å². The van der Waals surface area contributed by atoms with Gasteiger partial charge < -0.3 is 10.0 Å². The molecule has 0 radical (unpaired) electrons. The lowest BCUT2D eigenvalue weighted by Gasteiger charge is -2.33. The fraction of sp³-hybridized carbons (Fsp3) is 0.667. The van der Waals surface area contributed by atoms with E-state index in [4.69, 9.17) is 0 Å². The molecule has 118 valence electrons. The van der Waals surface area contributed by atoms with Gasteiger partial charge in [-0.1, -0.05) is 25.2 Å². The van der Waals surface area contributed by atoms with Crippen molar-refractivity contribution in [2.45, 2.75) is 25.1 Å². The first-order valence-electron chi connectivity index (χ1n) is 6.49. The zero-order chi connectivity index (χ0) is 15.8. The van der Waals surface area contributed by atoms with Gasteiger partial charge in [0, 0.05) is 24.3 Å². The molecule has 1 aromatic rings. The highest BCUT2D eigenvalue weighted by molar-refractivity contribution is 8.01. The Hall–Kier alpha value is -0.800. The number of hydrogen-bond acceptors (Lipinski definition) is 7. The molecule has 1 fully saturated rings. The van der Waals surface area contributed by atoms with E-state index in [9.17, 15) is 18.3 Å². The number of carboxylic acid groups (broad SMARTS) is 1. The van der Waals surface area contributed by atoms with Crippen LogP contribution in [0.2, 0.25) is 0 Å². The summed E-state index contributed by atoms with van der Waals surface area (Å²) in [7, 11) is -3.24. The van der Waals surface area contributed by atoms with Gasteiger partial charge in [-0.05, 0) is 5.92 Å². The molecule has 1 aromatic heterocycles. The molecule has 0 saturated carbocycles. The number of hydrogen-bond donors (Lipinski definition) is 1. The van der Waals surface area contributed by atoms with Crippen LogP contribution in [-0.2, 0) is 9.84 Å². The van der Waals surface area contributed by atoms with Gasteiger partial charge in [-0.2, -0.15) is 11.8 Å². The van der Waals surface area contributed by atoms with E-state index in [0.717, 1.165) is 17.1 Å². The highest BCUT2D eigenvalue weighted by atomic mass is 32.2. The molecule has 1 unspecified atom stereocenters. The second kappa shape index (κ2) is 6.13. The van der Waals surface area contributed by atoms with Crippen LogP contribution in [0.15, 0.2) is 0 Å². The van der Waals surface area contributed by atoms with Gasteiger partial charge in [0.25, 0.3) is 0 Å². The second-order valence-corrected chi connectivity index (χ2v) is 9.55. The number of sulfone groups is 1. The molecule has 9 heteroatoms. The first-order chi connectivity index (χ1) is 9.71. The van der Waals surface area contributed by atoms with Gasteiger partial charge in [0.1, 0.15) is 10.3 Å². The lowest BCUT2D eigenvalue weighted by molar-refractivity contribution is 0.0700. The van der Waals surface area contributed by atoms with Crippen LogP contribution in [0.4, 0.5) is 5.13 Å². The van der Waals surface area contributed by atoms with Crippen molar-refractivity contribution in [2.24, 2.45) is 0 Å². The molecule has 0 aliphatic carbocycles. The number of aromatic nitrogens is 1. The van der Waals surface area contributed by atoms with E-state index in [-0.39, 0.29) is 10.8 Å². The average Bonchev–Trinajstić information content (AvgIpc) is 2.83. The summed E-state index contributed by atoms with van der Waals surface area (Å²) in [6.07, 6.45) is 1.21. The summed E-state index contributed by atoms with van der Waals surface area (Å²) in [6, 6.07) is 0.